The number of hydrogen-bond acceptors (Lipinski definition) is 5. The van der Waals surface area contributed by atoms with Gasteiger partial charge in [-0.3, -0.25) is 28.6 Å². The van der Waals surface area contributed by atoms with E-state index < -0.39 is 25.2 Å². The molecule has 4 rings (SSSR count). The number of benzene rings is 3. The van der Waals surface area contributed by atoms with E-state index in [-0.39, 0.29) is 42.5 Å². The lowest BCUT2D eigenvalue weighted by atomic mass is 9.98. The van der Waals surface area contributed by atoms with Crippen LogP contribution in [0.2, 0.25) is 0 Å². The second-order valence-electron chi connectivity index (χ2n) is 12.4. The smallest absolute Gasteiger partial charge is 0.261 e. The highest BCUT2D eigenvalue weighted by molar-refractivity contribution is 7.58. The van der Waals surface area contributed by atoms with Gasteiger partial charge in [0, 0.05) is 31.3 Å². The Morgan fingerprint density at radius 3 is 1.96 bits per heavy atom. The molecular formula is C36H44N3O6P. The molecule has 0 aromatic heterocycles. The van der Waals surface area contributed by atoms with Crippen LogP contribution in [0.25, 0.3) is 0 Å². The number of nitrogens with one attached hydrogen (secondary N) is 2. The zero-order valence-corrected chi connectivity index (χ0v) is 27.5. The van der Waals surface area contributed by atoms with E-state index in [1.165, 1.54) is 4.90 Å². The van der Waals surface area contributed by atoms with Gasteiger partial charge < -0.3 is 15.5 Å². The van der Waals surface area contributed by atoms with Crippen LogP contribution >= 0.6 is 7.37 Å². The minimum atomic E-state index is -3.77. The highest BCUT2D eigenvalue weighted by Gasteiger charge is 2.35. The predicted octanol–water partition coefficient (Wildman–Crippen LogP) is 5.43. The largest absolute Gasteiger partial charge is 0.350 e. The SMILES string of the molecule is CC(C)C[C@H](NC(=O)[C@H](CCc1ccccc1)CP(=O)(O)CCCCN1C(=O)c2ccccc2C1=O)C(=O)NCc1ccccc1. The lowest BCUT2D eigenvalue weighted by Gasteiger charge is -2.25. The Bertz CT molecular complexity index is 1510. The molecule has 1 aliphatic rings. The van der Waals surface area contributed by atoms with Crippen molar-refractivity contribution in [1.29, 1.82) is 0 Å². The molecule has 0 radical (unpaired) electrons. The zero-order chi connectivity index (χ0) is 33.1. The first kappa shape index (κ1) is 34.8. The van der Waals surface area contributed by atoms with Gasteiger partial charge in [0.25, 0.3) is 11.8 Å². The Labute approximate surface area is 271 Å². The minimum Gasteiger partial charge on any atom is -0.350 e. The van der Waals surface area contributed by atoms with E-state index in [0.717, 1.165) is 11.1 Å². The van der Waals surface area contributed by atoms with Crippen LogP contribution in [-0.2, 0) is 27.1 Å². The second-order valence-corrected chi connectivity index (χ2v) is 14.9. The first-order chi connectivity index (χ1) is 22.0. The van der Waals surface area contributed by atoms with Gasteiger partial charge in [-0.05, 0) is 61.3 Å². The third-order valence-corrected chi connectivity index (χ3v) is 10.2. The van der Waals surface area contributed by atoms with E-state index in [9.17, 15) is 28.6 Å². The molecule has 3 atom stereocenters. The number of imide groups is 1. The van der Waals surface area contributed by atoms with Crippen LogP contribution in [0.1, 0.15) is 71.4 Å². The number of carbonyl (C=O) groups excluding carboxylic acids is 4. The molecule has 0 aliphatic carbocycles. The number of hydrogen-bond donors (Lipinski definition) is 3. The van der Waals surface area contributed by atoms with Crippen molar-refractivity contribution in [2.75, 3.05) is 18.9 Å². The summed E-state index contributed by atoms with van der Waals surface area (Å²) >= 11 is 0. The maximum atomic E-state index is 13.7. The third-order valence-electron chi connectivity index (χ3n) is 8.17. The molecule has 0 spiro atoms. The fraction of sp³-hybridized carbons (Fsp3) is 0.389. The summed E-state index contributed by atoms with van der Waals surface area (Å²) in [6.45, 7) is 4.42. The van der Waals surface area contributed by atoms with Crippen molar-refractivity contribution < 1.29 is 28.6 Å². The lowest BCUT2D eigenvalue weighted by Crippen LogP contribution is -2.49. The molecule has 3 aromatic carbocycles. The van der Waals surface area contributed by atoms with Crippen molar-refractivity contribution in [2.45, 2.75) is 58.5 Å². The van der Waals surface area contributed by atoms with Crippen LogP contribution in [0.3, 0.4) is 0 Å². The second kappa shape index (κ2) is 16.5. The molecule has 4 amide bonds. The number of unbranched alkanes of at least 4 members (excludes halogenated alkanes) is 1. The molecule has 0 saturated carbocycles. The van der Waals surface area contributed by atoms with Gasteiger partial charge in [0.2, 0.25) is 19.2 Å². The van der Waals surface area contributed by atoms with Gasteiger partial charge in [-0.25, -0.2) is 0 Å². The molecule has 3 aromatic rings. The summed E-state index contributed by atoms with van der Waals surface area (Å²) in [6, 6.07) is 25.0. The van der Waals surface area contributed by atoms with E-state index in [2.05, 4.69) is 10.6 Å². The van der Waals surface area contributed by atoms with Crippen molar-refractivity contribution in [1.82, 2.24) is 15.5 Å². The molecule has 10 heteroatoms. The Morgan fingerprint density at radius 1 is 0.804 bits per heavy atom. The van der Waals surface area contributed by atoms with Crippen LogP contribution in [0.5, 0.6) is 0 Å². The Kier molecular flexibility index (Phi) is 12.5. The first-order valence-electron chi connectivity index (χ1n) is 16.0. The van der Waals surface area contributed by atoms with Crippen molar-refractivity contribution in [3.63, 3.8) is 0 Å². The Morgan fingerprint density at radius 2 is 1.37 bits per heavy atom. The molecule has 3 N–H and O–H groups in total. The maximum Gasteiger partial charge on any atom is 0.261 e. The summed E-state index contributed by atoms with van der Waals surface area (Å²) in [5.41, 5.74) is 2.69. The molecule has 0 fully saturated rings. The first-order valence-corrected chi connectivity index (χ1v) is 18.0. The van der Waals surface area contributed by atoms with Gasteiger partial charge >= 0.3 is 0 Å². The number of fused-ring (bicyclic) bond motifs is 1. The number of nitrogens with zero attached hydrogens (tertiary/aromatic N) is 1. The standard InChI is InChI=1S/C36H44N3O6P/c1-26(2)23-32(34(41)37-24-28-15-7-4-8-16-28)38-33(40)29(20-19-27-13-5-3-6-14-27)25-46(44,45)22-12-11-21-39-35(42)30-17-9-10-18-31(30)36(39)43/h3-10,13-18,26,29,32H,11-12,19-25H2,1-2H3,(H,37,41)(H,38,40)(H,44,45)/t29-,32+/m1/s1. The van der Waals surface area contributed by atoms with Crippen LogP contribution in [0, 0.1) is 11.8 Å². The highest BCUT2D eigenvalue weighted by Crippen LogP contribution is 2.44. The van der Waals surface area contributed by atoms with Crippen molar-refractivity contribution in [3.05, 3.63) is 107 Å². The van der Waals surface area contributed by atoms with E-state index in [4.69, 9.17) is 0 Å². The van der Waals surface area contributed by atoms with Crippen molar-refractivity contribution in [3.8, 4) is 0 Å². The van der Waals surface area contributed by atoms with Gasteiger partial charge in [0.1, 0.15) is 6.04 Å². The van der Waals surface area contributed by atoms with Crippen LogP contribution in [0.4, 0.5) is 0 Å². The van der Waals surface area contributed by atoms with E-state index in [1.807, 2.05) is 74.5 Å². The fourth-order valence-electron chi connectivity index (χ4n) is 5.70. The third kappa shape index (κ3) is 9.96. The average molecular weight is 646 g/mol. The van der Waals surface area contributed by atoms with Crippen LogP contribution in [-0.4, -0.2) is 58.3 Å². The van der Waals surface area contributed by atoms with E-state index >= 15 is 0 Å². The van der Waals surface area contributed by atoms with Crippen LogP contribution in [0.15, 0.2) is 84.9 Å². The zero-order valence-electron chi connectivity index (χ0n) is 26.6. The minimum absolute atomic E-state index is 0.0434. The van der Waals surface area contributed by atoms with Gasteiger partial charge in [0.05, 0.1) is 11.1 Å². The maximum absolute atomic E-state index is 13.7. The molecule has 244 valence electrons. The molecule has 0 saturated heterocycles. The Hall–Kier alpha value is -4.07. The quantitative estimate of drug-likeness (QED) is 0.102. The molecule has 1 aliphatic heterocycles. The monoisotopic (exact) mass is 645 g/mol. The Balaban J connectivity index is 1.37. The average Bonchev–Trinajstić information content (AvgIpc) is 3.29. The fourth-order valence-corrected chi connectivity index (χ4v) is 7.64. The van der Waals surface area contributed by atoms with E-state index in [1.54, 1.807) is 24.3 Å². The molecule has 1 unspecified atom stereocenters. The number of carbonyl (C=O) groups is 4. The summed E-state index contributed by atoms with van der Waals surface area (Å²) < 4.78 is 13.4. The summed E-state index contributed by atoms with van der Waals surface area (Å²) in [7, 11) is -3.77. The highest BCUT2D eigenvalue weighted by atomic mass is 31.2. The van der Waals surface area contributed by atoms with Gasteiger partial charge in [-0.15, -0.1) is 0 Å². The number of amides is 4. The number of rotatable bonds is 17. The summed E-state index contributed by atoms with van der Waals surface area (Å²) in [5, 5.41) is 5.82. The van der Waals surface area contributed by atoms with Crippen molar-refractivity contribution in [2.24, 2.45) is 11.8 Å². The van der Waals surface area contributed by atoms with E-state index in [0.29, 0.717) is 49.8 Å². The molecule has 9 nitrogen and oxygen atoms in total. The summed E-state index contributed by atoms with van der Waals surface area (Å²) in [4.78, 5) is 64.4. The lowest BCUT2D eigenvalue weighted by molar-refractivity contribution is -0.131. The molecule has 1 heterocycles. The summed E-state index contributed by atoms with van der Waals surface area (Å²) in [6.07, 6.45) is 1.72. The van der Waals surface area contributed by atoms with Crippen LogP contribution < -0.4 is 10.6 Å². The number of aryl methyl sites for hydroxylation is 1. The summed E-state index contributed by atoms with van der Waals surface area (Å²) in [5.74, 6) is -2.08. The predicted molar refractivity (Wildman–Crippen MR) is 179 cm³/mol. The van der Waals surface area contributed by atoms with Gasteiger partial charge in [0.15, 0.2) is 0 Å². The van der Waals surface area contributed by atoms with Gasteiger partial charge in [-0.2, -0.15) is 0 Å². The van der Waals surface area contributed by atoms with Gasteiger partial charge in [-0.1, -0.05) is 86.6 Å². The molecule has 46 heavy (non-hydrogen) atoms. The van der Waals surface area contributed by atoms with Crippen molar-refractivity contribution >= 4 is 31.0 Å². The molecular weight excluding hydrogens is 601 g/mol. The normalized spacial score (nSPS) is 15.3. The molecule has 0 bridgehead atoms. The topological polar surface area (TPSA) is 133 Å².